The third-order valence-corrected chi connectivity index (χ3v) is 12.2. The molecule has 11 N–H and O–H groups in total. The second-order valence-electron chi connectivity index (χ2n) is 13.8. The van der Waals surface area contributed by atoms with Crippen LogP contribution in [0.25, 0.3) is 0 Å². The van der Waals surface area contributed by atoms with E-state index in [0.717, 1.165) is 28.4 Å². The van der Waals surface area contributed by atoms with Gasteiger partial charge in [0.25, 0.3) is 23.6 Å². The van der Waals surface area contributed by atoms with Gasteiger partial charge in [0.2, 0.25) is 5.60 Å². The molecule has 61 heavy (non-hydrogen) atoms. The number of carbonyl (C=O) groups excluding carboxylic acids is 4. The standard InChI is InChI=1S/C36H35N11O11S3/c1-15-8-25(47-24(38-15)11-45(44-47)18-5-7-21(49)23(51)10-18)59-12-17-13-60-32-27(31(54)46(32)28(17)33(55)56)40-30(53)26(19-14-61-35(37)39-19)43-58-36(2,3)34(57)42-41-29(52)16-4-6-20(48)22(50)9-16/h4-11,14,27,32,44,48-51H,12-13H2,1-3H3,(H2,37,39)(H,40,53)(H,41,52)(H,42,57)(H,55,56)/b43-26-/t27-,32-/m1/s1. The third-order valence-electron chi connectivity index (χ3n) is 9.11. The molecule has 4 aliphatic heterocycles. The first-order chi connectivity index (χ1) is 28.9. The summed E-state index contributed by atoms with van der Waals surface area (Å²) >= 11 is 3.52. The number of carbonyl (C=O) groups is 5. The van der Waals surface area contributed by atoms with Gasteiger partial charge in [-0.25, -0.2) is 19.8 Å². The molecule has 22 nitrogen and oxygen atoms in total. The first kappa shape index (κ1) is 42.2. The fraction of sp³-hybridized carbons (Fsp3) is 0.222. The van der Waals surface area contributed by atoms with E-state index in [0.29, 0.717) is 27.8 Å². The number of carboxylic acids is 1. The fourth-order valence-corrected chi connectivity index (χ4v) is 9.03. The minimum Gasteiger partial charge on any atom is -0.504 e. The average Bonchev–Trinajstić information content (AvgIpc) is 3.85. The second-order valence-corrected chi connectivity index (χ2v) is 16.8. The first-order valence-electron chi connectivity index (χ1n) is 17.7. The van der Waals surface area contributed by atoms with Crippen molar-refractivity contribution in [3.8, 4) is 23.0 Å². The molecule has 4 aliphatic rings. The van der Waals surface area contributed by atoms with E-state index in [1.807, 2.05) is 0 Å². The molecule has 2 aromatic carbocycles. The Labute approximate surface area is 357 Å². The van der Waals surface area contributed by atoms with Crippen LogP contribution in [0, 0.1) is 0 Å². The summed E-state index contributed by atoms with van der Waals surface area (Å²) < 4.78 is 0. The lowest BCUT2D eigenvalue weighted by Crippen LogP contribution is -2.71. The highest BCUT2D eigenvalue weighted by molar-refractivity contribution is 8.03. The minimum absolute atomic E-state index is 0.0471. The maximum atomic E-state index is 13.7. The number of nitrogens with two attached hydrogens (primary N) is 1. The molecule has 0 unspecified atom stereocenters. The number of hydrogen-bond acceptors (Lipinski definition) is 20. The number of aliphatic imine (C=N–C) groups is 1. The van der Waals surface area contributed by atoms with Gasteiger partial charge in [0.05, 0.1) is 16.9 Å². The SMILES string of the molecule is CC1=NC2=CN(c3ccc(O)c(O)c3)NN2C(SCC2=C(C(=O)O)N3C(=O)[C@@H](NC(=O)/C(=N\OC(C)(C)C(=O)NNC(=O)c4ccc(O)c(O)c4)c4csc(N)n4)[C@H]3SC2)=C1. The van der Waals surface area contributed by atoms with Crippen LogP contribution in [-0.4, -0.2) is 110 Å². The topological polar surface area (TPSA) is 317 Å². The summed E-state index contributed by atoms with van der Waals surface area (Å²) in [6, 6.07) is 6.39. The van der Waals surface area contributed by atoms with Gasteiger partial charge >= 0.3 is 5.97 Å². The van der Waals surface area contributed by atoms with Crippen LogP contribution in [0.5, 0.6) is 23.0 Å². The highest BCUT2D eigenvalue weighted by atomic mass is 32.2. The number of phenolic OH excluding ortho intramolecular Hbond substituents is 4. The largest absolute Gasteiger partial charge is 0.504 e. The summed E-state index contributed by atoms with van der Waals surface area (Å²) in [6.07, 6.45) is 3.48. The lowest BCUT2D eigenvalue weighted by Gasteiger charge is -2.49. The zero-order chi connectivity index (χ0) is 43.9. The molecular formula is C36H35N11O11S3. The van der Waals surface area contributed by atoms with Gasteiger partial charge in [-0.1, -0.05) is 5.16 Å². The number of benzene rings is 2. The number of amides is 4. The number of nitrogens with zero attached hydrogens (tertiary/aromatic N) is 6. The number of hydrazine groups is 3. The maximum absolute atomic E-state index is 13.7. The number of carboxylic acid groups (broad SMARTS) is 1. The Bertz CT molecular complexity index is 2540. The summed E-state index contributed by atoms with van der Waals surface area (Å²) in [5.74, 6) is -5.44. The zero-order valence-corrected chi connectivity index (χ0v) is 34.4. The van der Waals surface area contributed by atoms with Gasteiger partial charge in [0, 0.05) is 34.2 Å². The van der Waals surface area contributed by atoms with E-state index in [9.17, 15) is 49.5 Å². The molecule has 1 saturated heterocycles. The number of β-lactam (4-membered cyclic amide) rings is 1. The molecule has 318 valence electrons. The summed E-state index contributed by atoms with van der Waals surface area (Å²) in [4.78, 5) is 80.7. The summed E-state index contributed by atoms with van der Waals surface area (Å²) in [5.41, 5.74) is 12.2. The van der Waals surface area contributed by atoms with E-state index >= 15 is 0 Å². The molecule has 0 aliphatic carbocycles. The molecule has 4 amide bonds. The highest BCUT2D eigenvalue weighted by Gasteiger charge is 2.54. The number of rotatable bonds is 12. The van der Waals surface area contributed by atoms with Crippen LogP contribution in [-0.2, 0) is 24.0 Å². The molecule has 7 rings (SSSR count). The Morgan fingerprint density at radius 1 is 1.07 bits per heavy atom. The Morgan fingerprint density at radius 2 is 1.79 bits per heavy atom. The van der Waals surface area contributed by atoms with Crippen molar-refractivity contribution in [1.82, 2.24) is 36.6 Å². The first-order valence-corrected chi connectivity index (χ1v) is 20.6. The number of nitrogens with one attached hydrogen (secondary N) is 4. The van der Waals surface area contributed by atoms with Crippen molar-refractivity contribution in [1.29, 1.82) is 0 Å². The van der Waals surface area contributed by atoms with Crippen LogP contribution in [0.4, 0.5) is 10.8 Å². The summed E-state index contributed by atoms with van der Waals surface area (Å²) in [6.45, 7) is 4.37. The predicted molar refractivity (Wildman–Crippen MR) is 222 cm³/mol. The Kier molecular flexibility index (Phi) is 11.5. The van der Waals surface area contributed by atoms with Crippen molar-refractivity contribution in [2.45, 2.75) is 37.8 Å². The molecule has 0 bridgehead atoms. The molecule has 1 fully saturated rings. The number of nitrogen functional groups attached to an aromatic ring is 1. The smallest absolute Gasteiger partial charge is 0.352 e. The van der Waals surface area contributed by atoms with Crippen LogP contribution in [0.2, 0.25) is 0 Å². The molecular weight excluding hydrogens is 859 g/mol. The van der Waals surface area contributed by atoms with Crippen LogP contribution >= 0.6 is 34.9 Å². The van der Waals surface area contributed by atoms with Crippen molar-refractivity contribution < 1.29 is 54.3 Å². The van der Waals surface area contributed by atoms with Gasteiger partial charge in [-0.3, -0.25) is 39.9 Å². The third kappa shape index (κ3) is 8.56. The highest BCUT2D eigenvalue weighted by Crippen LogP contribution is 2.43. The van der Waals surface area contributed by atoms with E-state index in [4.69, 9.17) is 10.6 Å². The number of fused-ring (bicyclic) bond motifs is 2. The second kappa shape index (κ2) is 16.6. The maximum Gasteiger partial charge on any atom is 0.352 e. The molecule has 0 radical (unpaired) electrons. The monoisotopic (exact) mass is 893 g/mol. The normalized spacial score (nSPS) is 18.6. The zero-order valence-electron chi connectivity index (χ0n) is 31.9. The van der Waals surface area contributed by atoms with Crippen molar-refractivity contribution in [2.75, 3.05) is 22.2 Å². The number of hydrogen-bond donors (Lipinski definition) is 10. The average molecular weight is 894 g/mol. The van der Waals surface area contributed by atoms with Gasteiger partial charge in [-0.2, -0.15) is 0 Å². The quantitative estimate of drug-likeness (QED) is 0.0531. The van der Waals surface area contributed by atoms with Crippen LogP contribution < -0.4 is 32.4 Å². The lowest BCUT2D eigenvalue weighted by atomic mass is 10.0. The predicted octanol–water partition coefficient (Wildman–Crippen LogP) is 1.34. The molecule has 3 aromatic rings. The lowest BCUT2D eigenvalue weighted by molar-refractivity contribution is -0.150. The van der Waals surface area contributed by atoms with E-state index in [1.54, 1.807) is 35.3 Å². The van der Waals surface area contributed by atoms with Gasteiger partial charge in [0.1, 0.15) is 22.8 Å². The van der Waals surface area contributed by atoms with Crippen LogP contribution in [0.3, 0.4) is 0 Å². The number of anilines is 2. The molecule has 1 aromatic heterocycles. The van der Waals surface area contributed by atoms with Gasteiger partial charge in [-0.15, -0.1) is 40.4 Å². The number of thioether (sulfide) groups is 2. The van der Waals surface area contributed by atoms with E-state index in [-0.39, 0.29) is 45.1 Å². The summed E-state index contributed by atoms with van der Waals surface area (Å²) in [7, 11) is 0. The van der Waals surface area contributed by atoms with E-state index < -0.39 is 63.8 Å². The number of aliphatic carboxylic acids is 1. The van der Waals surface area contributed by atoms with Crippen LogP contribution in [0.15, 0.2) is 86.3 Å². The minimum atomic E-state index is -1.83. The van der Waals surface area contributed by atoms with Gasteiger partial charge < -0.3 is 41.4 Å². The molecule has 0 spiro atoms. The Hall–Kier alpha value is -6.96. The Morgan fingerprint density at radius 3 is 2.46 bits per heavy atom. The van der Waals surface area contributed by atoms with Crippen molar-refractivity contribution >= 4 is 86.7 Å². The van der Waals surface area contributed by atoms with E-state index in [2.05, 4.69) is 36.8 Å². The molecule has 5 heterocycles. The number of phenols is 4. The number of aromatic nitrogens is 1. The number of oxime groups is 1. The number of allylic oxidation sites excluding steroid dienone is 1. The van der Waals surface area contributed by atoms with Crippen molar-refractivity contribution in [2.24, 2.45) is 10.1 Å². The molecule has 25 heteroatoms. The van der Waals surface area contributed by atoms with Crippen molar-refractivity contribution in [3.05, 3.63) is 87.4 Å². The Balaban J connectivity index is 1.01. The summed E-state index contributed by atoms with van der Waals surface area (Å²) in [5, 5.41) is 60.3. The number of thiazole rings is 1. The van der Waals surface area contributed by atoms with Crippen LogP contribution in [0.1, 0.15) is 36.8 Å². The molecule has 0 saturated carbocycles. The fourth-order valence-electron chi connectivity index (χ4n) is 5.93. The van der Waals surface area contributed by atoms with E-state index in [1.165, 1.54) is 61.0 Å². The number of aromatic hydroxyl groups is 4. The van der Waals surface area contributed by atoms with Gasteiger partial charge in [0.15, 0.2) is 39.7 Å². The molecule has 2 atom stereocenters. The van der Waals surface area contributed by atoms with Crippen molar-refractivity contribution in [3.63, 3.8) is 0 Å². The van der Waals surface area contributed by atoms with Gasteiger partial charge in [-0.05, 0) is 62.8 Å².